The Morgan fingerprint density at radius 3 is 2.71 bits per heavy atom. The first kappa shape index (κ1) is 16.0. The molecular formula is C16H16N4O3S. The maximum Gasteiger partial charge on any atom is 0.265 e. The fourth-order valence-corrected chi connectivity index (χ4v) is 3.20. The molecule has 0 unspecified atom stereocenters. The molecule has 3 aromatic rings. The van der Waals surface area contributed by atoms with Gasteiger partial charge in [-0.05, 0) is 42.8 Å². The quantitative estimate of drug-likeness (QED) is 0.768. The van der Waals surface area contributed by atoms with E-state index >= 15 is 0 Å². The number of sulfonamides is 1. The normalized spacial score (nSPS) is 11.2. The summed E-state index contributed by atoms with van der Waals surface area (Å²) in [4.78, 5) is 4.19. The molecule has 2 heterocycles. The Morgan fingerprint density at radius 1 is 1.21 bits per heavy atom. The van der Waals surface area contributed by atoms with Crippen molar-refractivity contribution in [1.29, 1.82) is 0 Å². The highest BCUT2D eigenvalue weighted by Crippen LogP contribution is 2.24. The molecule has 0 spiro atoms. The number of ether oxygens (including phenoxy) is 1. The predicted molar refractivity (Wildman–Crippen MR) is 89.9 cm³/mol. The van der Waals surface area contributed by atoms with E-state index in [9.17, 15) is 8.42 Å². The van der Waals surface area contributed by atoms with E-state index in [0.717, 1.165) is 5.56 Å². The van der Waals surface area contributed by atoms with E-state index in [1.54, 1.807) is 56.6 Å². The van der Waals surface area contributed by atoms with Crippen molar-refractivity contribution in [1.82, 2.24) is 14.8 Å². The highest BCUT2D eigenvalue weighted by atomic mass is 32.2. The second kappa shape index (κ2) is 6.32. The van der Waals surface area contributed by atoms with Gasteiger partial charge in [0.1, 0.15) is 10.6 Å². The molecule has 0 atom stereocenters. The van der Waals surface area contributed by atoms with Crippen LogP contribution in [0.25, 0.3) is 5.82 Å². The first-order chi connectivity index (χ1) is 11.5. The highest BCUT2D eigenvalue weighted by molar-refractivity contribution is 7.92. The molecule has 1 N–H and O–H groups in total. The number of rotatable bonds is 5. The predicted octanol–water partition coefficient (Wildman–Crippen LogP) is 2.39. The summed E-state index contributed by atoms with van der Waals surface area (Å²) in [6, 6.07) is 10.4. The maximum atomic E-state index is 12.5. The topological polar surface area (TPSA) is 86.1 Å². The van der Waals surface area contributed by atoms with E-state index in [0.29, 0.717) is 17.3 Å². The van der Waals surface area contributed by atoms with Crippen molar-refractivity contribution < 1.29 is 13.2 Å². The minimum atomic E-state index is -3.74. The van der Waals surface area contributed by atoms with Gasteiger partial charge in [-0.15, -0.1) is 0 Å². The molecule has 0 saturated heterocycles. The Balaban J connectivity index is 1.88. The van der Waals surface area contributed by atoms with Gasteiger partial charge < -0.3 is 4.74 Å². The largest absolute Gasteiger partial charge is 0.497 e. The van der Waals surface area contributed by atoms with Crippen LogP contribution in [0, 0.1) is 6.92 Å². The Bertz CT molecular complexity index is 952. The van der Waals surface area contributed by atoms with Gasteiger partial charge in [0.25, 0.3) is 10.0 Å². The first-order valence-electron chi connectivity index (χ1n) is 7.13. The summed E-state index contributed by atoms with van der Waals surface area (Å²) >= 11 is 0. The summed E-state index contributed by atoms with van der Waals surface area (Å²) in [6.07, 6.45) is 4.32. The molecule has 124 valence electrons. The van der Waals surface area contributed by atoms with Crippen LogP contribution in [0.4, 0.5) is 5.69 Å². The summed E-state index contributed by atoms with van der Waals surface area (Å²) < 4.78 is 34.2. The molecule has 1 aromatic carbocycles. The lowest BCUT2D eigenvalue weighted by atomic mass is 10.2. The molecule has 0 bridgehead atoms. The van der Waals surface area contributed by atoms with Gasteiger partial charge in [-0.25, -0.2) is 18.1 Å². The van der Waals surface area contributed by atoms with Crippen molar-refractivity contribution in [3.05, 3.63) is 60.6 Å². The monoisotopic (exact) mass is 344 g/mol. The van der Waals surface area contributed by atoms with Crippen LogP contribution in [-0.4, -0.2) is 30.3 Å². The molecular weight excluding hydrogens is 328 g/mol. The highest BCUT2D eigenvalue weighted by Gasteiger charge is 2.18. The average Bonchev–Trinajstić information content (AvgIpc) is 3.08. The summed E-state index contributed by atoms with van der Waals surface area (Å²) in [5, 5.41) is 4.06. The van der Waals surface area contributed by atoms with Crippen LogP contribution >= 0.6 is 0 Å². The summed E-state index contributed by atoms with van der Waals surface area (Å²) in [7, 11) is -2.18. The van der Waals surface area contributed by atoms with Gasteiger partial charge in [-0.2, -0.15) is 5.10 Å². The molecule has 7 nitrogen and oxygen atoms in total. The Hall–Kier alpha value is -2.87. The molecule has 2 aromatic heterocycles. The molecule has 0 fully saturated rings. The van der Waals surface area contributed by atoms with Crippen molar-refractivity contribution in [2.45, 2.75) is 11.8 Å². The van der Waals surface area contributed by atoms with E-state index in [2.05, 4.69) is 14.8 Å². The third kappa shape index (κ3) is 3.23. The average molecular weight is 344 g/mol. The number of methoxy groups -OCH3 is 1. The van der Waals surface area contributed by atoms with Crippen LogP contribution in [0.15, 0.2) is 59.9 Å². The number of hydrogen-bond donors (Lipinski definition) is 1. The van der Waals surface area contributed by atoms with E-state index in [1.165, 1.54) is 17.1 Å². The van der Waals surface area contributed by atoms with Crippen LogP contribution < -0.4 is 9.46 Å². The second-order valence-corrected chi connectivity index (χ2v) is 6.78. The third-order valence-corrected chi connectivity index (χ3v) is 4.75. The molecule has 0 amide bonds. The van der Waals surface area contributed by atoms with E-state index in [1.807, 2.05) is 0 Å². The fourth-order valence-electron chi connectivity index (χ4n) is 2.14. The minimum Gasteiger partial charge on any atom is -0.497 e. The van der Waals surface area contributed by atoms with Crippen molar-refractivity contribution in [3.63, 3.8) is 0 Å². The number of pyridine rings is 1. The number of aryl methyl sites for hydroxylation is 1. The van der Waals surface area contributed by atoms with Crippen molar-refractivity contribution in [2.24, 2.45) is 0 Å². The zero-order valence-electron chi connectivity index (χ0n) is 13.2. The minimum absolute atomic E-state index is 0.0587. The van der Waals surface area contributed by atoms with Gasteiger partial charge in [0.15, 0.2) is 5.82 Å². The number of nitrogens with zero attached hydrogens (tertiary/aromatic N) is 3. The van der Waals surface area contributed by atoms with Crippen molar-refractivity contribution in [3.8, 4) is 11.6 Å². The molecule has 0 aliphatic rings. The Labute approximate surface area is 140 Å². The molecule has 24 heavy (non-hydrogen) atoms. The van der Waals surface area contributed by atoms with Gasteiger partial charge in [0.2, 0.25) is 0 Å². The number of aromatic nitrogens is 3. The van der Waals surface area contributed by atoms with E-state index in [4.69, 9.17) is 4.74 Å². The molecule has 3 rings (SSSR count). The van der Waals surface area contributed by atoms with Crippen LogP contribution in [0.3, 0.4) is 0 Å². The van der Waals surface area contributed by atoms with Crippen LogP contribution in [0.5, 0.6) is 5.75 Å². The summed E-state index contributed by atoms with van der Waals surface area (Å²) in [5.74, 6) is 1.21. The number of nitrogens with one attached hydrogen (secondary N) is 1. The van der Waals surface area contributed by atoms with Crippen LogP contribution in [0.1, 0.15) is 5.56 Å². The van der Waals surface area contributed by atoms with Gasteiger partial charge in [0, 0.05) is 6.20 Å². The van der Waals surface area contributed by atoms with E-state index < -0.39 is 10.0 Å². The van der Waals surface area contributed by atoms with Gasteiger partial charge in [0.05, 0.1) is 25.2 Å². The molecule has 8 heteroatoms. The van der Waals surface area contributed by atoms with Crippen LogP contribution in [-0.2, 0) is 10.0 Å². The molecule has 0 saturated carbocycles. The standard InChI is InChI=1S/C16H16N4O3S/c1-12-9-13(23-2)6-7-15(12)19-24(21,22)14-10-18-20(11-14)16-5-3-4-8-17-16/h3-11,19H,1-2H3. The zero-order valence-corrected chi connectivity index (χ0v) is 14.0. The molecule has 0 radical (unpaired) electrons. The fraction of sp³-hybridized carbons (Fsp3) is 0.125. The molecule has 0 aliphatic carbocycles. The maximum absolute atomic E-state index is 12.5. The lowest BCUT2D eigenvalue weighted by Crippen LogP contribution is -2.13. The van der Waals surface area contributed by atoms with Gasteiger partial charge in [-0.3, -0.25) is 4.72 Å². The molecule has 0 aliphatic heterocycles. The number of anilines is 1. The SMILES string of the molecule is COc1ccc(NS(=O)(=O)c2cnn(-c3ccccn3)c2)c(C)c1. The lowest BCUT2D eigenvalue weighted by molar-refractivity contribution is 0.414. The summed E-state index contributed by atoms with van der Waals surface area (Å²) in [5.41, 5.74) is 1.25. The number of benzene rings is 1. The lowest BCUT2D eigenvalue weighted by Gasteiger charge is -2.10. The second-order valence-electron chi connectivity index (χ2n) is 5.09. The van der Waals surface area contributed by atoms with Crippen molar-refractivity contribution in [2.75, 3.05) is 11.8 Å². The smallest absolute Gasteiger partial charge is 0.265 e. The zero-order chi connectivity index (χ0) is 17.2. The van der Waals surface area contributed by atoms with Crippen LogP contribution in [0.2, 0.25) is 0 Å². The first-order valence-corrected chi connectivity index (χ1v) is 8.61. The summed E-state index contributed by atoms with van der Waals surface area (Å²) in [6.45, 7) is 1.80. The van der Waals surface area contributed by atoms with Crippen molar-refractivity contribution >= 4 is 15.7 Å². The Kier molecular flexibility index (Phi) is 4.22. The van der Waals surface area contributed by atoms with Gasteiger partial charge >= 0.3 is 0 Å². The third-order valence-electron chi connectivity index (χ3n) is 3.43. The van der Waals surface area contributed by atoms with Gasteiger partial charge in [-0.1, -0.05) is 6.07 Å². The number of hydrogen-bond acceptors (Lipinski definition) is 5. The Morgan fingerprint density at radius 2 is 2.04 bits per heavy atom. The van der Waals surface area contributed by atoms with E-state index in [-0.39, 0.29) is 4.90 Å².